The maximum atomic E-state index is 5.90. The first-order chi connectivity index (χ1) is 7.63. The smallest absolute Gasteiger partial charge is 0.0691 e. The fourth-order valence-corrected chi connectivity index (χ4v) is 2.44. The third kappa shape index (κ3) is 3.81. The van der Waals surface area contributed by atoms with Gasteiger partial charge in [-0.05, 0) is 25.7 Å². The lowest BCUT2D eigenvalue weighted by Gasteiger charge is -2.38. The van der Waals surface area contributed by atoms with E-state index in [4.69, 9.17) is 12.2 Å². The van der Waals surface area contributed by atoms with Crippen LogP contribution >= 0.6 is 0 Å². The molecule has 16 heavy (non-hydrogen) atoms. The molecule has 0 bridgehead atoms. The predicted molar refractivity (Wildman–Crippen MR) is 70.1 cm³/mol. The molecule has 1 aliphatic carbocycles. The summed E-state index contributed by atoms with van der Waals surface area (Å²) in [5, 5.41) is 3.57. The molecule has 1 fully saturated rings. The zero-order valence-corrected chi connectivity index (χ0v) is 10.8. The van der Waals surface area contributed by atoms with E-state index in [-0.39, 0.29) is 11.6 Å². The molecule has 0 saturated heterocycles. The minimum atomic E-state index is 0.0251. The summed E-state index contributed by atoms with van der Waals surface area (Å²) in [5.41, 5.74) is 5.93. The average molecular weight is 222 g/mol. The first-order valence-electron chi connectivity index (χ1n) is 6.57. The van der Waals surface area contributed by atoms with Crippen molar-refractivity contribution < 1.29 is 0 Å². The Morgan fingerprint density at radius 2 is 2.25 bits per heavy atom. The molecule has 0 aromatic heterocycles. The van der Waals surface area contributed by atoms with Crippen molar-refractivity contribution in [2.75, 3.05) is 6.54 Å². The Morgan fingerprint density at radius 3 is 2.62 bits per heavy atom. The molecule has 2 atom stereocenters. The van der Waals surface area contributed by atoms with Crippen molar-refractivity contribution in [2.24, 2.45) is 11.7 Å². The molecule has 0 spiro atoms. The molecule has 2 nitrogen and oxygen atoms in total. The van der Waals surface area contributed by atoms with Gasteiger partial charge < -0.3 is 5.73 Å². The van der Waals surface area contributed by atoms with Gasteiger partial charge in [0.2, 0.25) is 0 Å². The molecule has 0 radical (unpaired) electrons. The number of nitrogens with one attached hydrogen (secondary N) is 1. The van der Waals surface area contributed by atoms with E-state index in [1.807, 2.05) is 0 Å². The van der Waals surface area contributed by atoms with Gasteiger partial charge in [-0.3, -0.25) is 5.32 Å². The van der Waals surface area contributed by atoms with Crippen LogP contribution in [-0.2, 0) is 0 Å². The van der Waals surface area contributed by atoms with Crippen LogP contribution in [0.4, 0.5) is 0 Å². The molecule has 1 rings (SSSR count). The van der Waals surface area contributed by atoms with Crippen LogP contribution in [0.15, 0.2) is 0 Å². The van der Waals surface area contributed by atoms with Gasteiger partial charge >= 0.3 is 0 Å². The van der Waals surface area contributed by atoms with Gasteiger partial charge in [-0.15, -0.1) is 6.42 Å². The second-order valence-electron chi connectivity index (χ2n) is 5.42. The second kappa shape index (κ2) is 6.27. The van der Waals surface area contributed by atoms with Gasteiger partial charge in [0, 0.05) is 12.1 Å². The first-order valence-corrected chi connectivity index (χ1v) is 6.57. The van der Waals surface area contributed by atoms with E-state index in [0.717, 1.165) is 18.8 Å². The van der Waals surface area contributed by atoms with E-state index in [1.54, 1.807) is 0 Å². The van der Waals surface area contributed by atoms with Crippen molar-refractivity contribution in [2.45, 2.75) is 64.0 Å². The number of nitrogens with two attached hydrogens (primary N) is 1. The molecule has 0 aliphatic heterocycles. The van der Waals surface area contributed by atoms with Gasteiger partial charge in [0.15, 0.2) is 0 Å². The fraction of sp³-hybridized carbons (Fsp3) is 0.857. The molecular formula is C14H26N2. The third-order valence-electron chi connectivity index (χ3n) is 3.72. The summed E-state index contributed by atoms with van der Waals surface area (Å²) in [7, 11) is 0. The molecule has 2 heteroatoms. The fourth-order valence-electron chi connectivity index (χ4n) is 2.44. The molecule has 2 unspecified atom stereocenters. The molecule has 0 amide bonds. The Hall–Kier alpha value is -0.520. The van der Waals surface area contributed by atoms with Crippen molar-refractivity contribution >= 4 is 0 Å². The number of rotatable bonds is 7. The molecule has 1 saturated carbocycles. The predicted octanol–water partition coefficient (Wildman–Crippen LogP) is 2.29. The molecule has 92 valence electrons. The zero-order chi connectivity index (χ0) is 12.0. The molecule has 1 aliphatic rings. The SMILES string of the molecule is C#CC(CCC)NC(C)(CN)CC1CCC1. The van der Waals surface area contributed by atoms with Crippen LogP contribution in [0.3, 0.4) is 0 Å². The van der Waals surface area contributed by atoms with E-state index in [9.17, 15) is 0 Å². The van der Waals surface area contributed by atoms with Gasteiger partial charge in [-0.25, -0.2) is 0 Å². The molecule has 3 N–H and O–H groups in total. The summed E-state index contributed by atoms with van der Waals surface area (Å²) in [6.45, 7) is 5.05. The molecular weight excluding hydrogens is 196 g/mol. The van der Waals surface area contributed by atoms with Gasteiger partial charge in [0.05, 0.1) is 6.04 Å². The number of hydrogen-bond acceptors (Lipinski definition) is 2. The standard InChI is InChI=1S/C14H26N2/c1-4-7-13(5-2)16-14(3,11-15)10-12-8-6-9-12/h2,12-13,16H,4,6-11,15H2,1,3H3. The summed E-state index contributed by atoms with van der Waals surface area (Å²) in [4.78, 5) is 0. The van der Waals surface area contributed by atoms with Crippen LogP contribution in [0.25, 0.3) is 0 Å². The summed E-state index contributed by atoms with van der Waals surface area (Å²) in [6.07, 6.45) is 13.0. The highest BCUT2D eigenvalue weighted by atomic mass is 15.0. The van der Waals surface area contributed by atoms with Crippen molar-refractivity contribution in [1.29, 1.82) is 0 Å². The Kier molecular flexibility index (Phi) is 5.31. The van der Waals surface area contributed by atoms with Crippen molar-refractivity contribution in [3.05, 3.63) is 0 Å². The topological polar surface area (TPSA) is 38.0 Å². The molecule has 0 aromatic rings. The monoisotopic (exact) mass is 222 g/mol. The average Bonchev–Trinajstić information content (AvgIpc) is 2.23. The van der Waals surface area contributed by atoms with Crippen LogP contribution < -0.4 is 11.1 Å². The van der Waals surface area contributed by atoms with Crippen molar-refractivity contribution in [3.63, 3.8) is 0 Å². The highest BCUT2D eigenvalue weighted by molar-refractivity contribution is 5.03. The van der Waals surface area contributed by atoms with E-state index in [2.05, 4.69) is 25.1 Å². The second-order valence-corrected chi connectivity index (χ2v) is 5.42. The van der Waals surface area contributed by atoms with Crippen molar-refractivity contribution in [3.8, 4) is 12.3 Å². The van der Waals surface area contributed by atoms with Crippen molar-refractivity contribution in [1.82, 2.24) is 5.32 Å². The van der Waals surface area contributed by atoms with E-state index in [1.165, 1.54) is 25.7 Å². The summed E-state index contributed by atoms with van der Waals surface area (Å²) in [6, 6.07) is 0.179. The van der Waals surface area contributed by atoms with E-state index < -0.39 is 0 Å². The quantitative estimate of drug-likeness (QED) is 0.649. The van der Waals surface area contributed by atoms with E-state index >= 15 is 0 Å². The van der Waals surface area contributed by atoms with Gasteiger partial charge in [0.25, 0.3) is 0 Å². The largest absolute Gasteiger partial charge is 0.329 e. The van der Waals surface area contributed by atoms with Gasteiger partial charge in [-0.2, -0.15) is 0 Å². The maximum Gasteiger partial charge on any atom is 0.0691 e. The molecule has 0 heterocycles. The normalized spacial score (nSPS) is 21.9. The van der Waals surface area contributed by atoms with Crippen LogP contribution in [0, 0.1) is 18.3 Å². The molecule has 0 aromatic carbocycles. The van der Waals surface area contributed by atoms with Crippen LogP contribution in [0.2, 0.25) is 0 Å². The Bertz CT molecular complexity index is 240. The number of terminal acetylenes is 1. The van der Waals surface area contributed by atoms with Gasteiger partial charge in [-0.1, -0.05) is 38.5 Å². The van der Waals surface area contributed by atoms with E-state index in [0.29, 0.717) is 6.54 Å². The first kappa shape index (κ1) is 13.5. The minimum Gasteiger partial charge on any atom is -0.329 e. The Labute approximate surface area is 100 Å². The Balaban J connectivity index is 2.46. The number of hydrogen-bond donors (Lipinski definition) is 2. The maximum absolute atomic E-state index is 5.90. The summed E-state index contributed by atoms with van der Waals surface area (Å²) < 4.78 is 0. The summed E-state index contributed by atoms with van der Waals surface area (Å²) >= 11 is 0. The zero-order valence-electron chi connectivity index (χ0n) is 10.8. The minimum absolute atomic E-state index is 0.0251. The lowest BCUT2D eigenvalue weighted by Crippen LogP contribution is -2.54. The van der Waals surface area contributed by atoms with Crippen LogP contribution in [-0.4, -0.2) is 18.1 Å². The highest BCUT2D eigenvalue weighted by Crippen LogP contribution is 2.33. The lowest BCUT2D eigenvalue weighted by molar-refractivity contribution is 0.199. The highest BCUT2D eigenvalue weighted by Gasteiger charge is 2.30. The lowest BCUT2D eigenvalue weighted by atomic mass is 9.76. The Morgan fingerprint density at radius 1 is 1.56 bits per heavy atom. The van der Waals surface area contributed by atoms with Crippen LogP contribution in [0.1, 0.15) is 52.4 Å². The van der Waals surface area contributed by atoms with Gasteiger partial charge in [0.1, 0.15) is 0 Å². The summed E-state index contributed by atoms with van der Waals surface area (Å²) in [5.74, 6) is 3.70. The third-order valence-corrected chi connectivity index (χ3v) is 3.72. The van der Waals surface area contributed by atoms with Crippen LogP contribution in [0.5, 0.6) is 0 Å².